The van der Waals surface area contributed by atoms with Crippen LogP contribution in [0.15, 0.2) is 0 Å². The van der Waals surface area contributed by atoms with Gasteiger partial charge < -0.3 is 14.1 Å². The largest absolute Gasteiger partial charge is 2.00 e. The summed E-state index contributed by atoms with van der Waals surface area (Å²) in [5.74, 6) is 0. The van der Waals surface area contributed by atoms with E-state index in [0.29, 0.717) is 0 Å². The van der Waals surface area contributed by atoms with Gasteiger partial charge in [-0.3, -0.25) is 0 Å². The van der Waals surface area contributed by atoms with Crippen molar-refractivity contribution in [1.29, 1.82) is 0 Å². The Labute approximate surface area is 82.8 Å². The summed E-state index contributed by atoms with van der Waals surface area (Å²) in [7, 11) is -3.63. The van der Waals surface area contributed by atoms with Crippen molar-refractivity contribution < 1.29 is 14.1 Å². The molecule has 28 valence electrons. The van der Waals surface area contributed by atoms with Crippen molar-refractivity contribution in [3.63, 3.8) is 0 Å². The summed E-state index contributed by atoms with van der Waals surface area (Å²) in [6, 6.07) is 0. The van der Waals surface area contributed by atoms with Crippen LogP contribution in [0.2, 0.25) is 0 Å². The average Bonchev–Trinajstić information content (AvgIpc) is 0.811. The second-order valence-corrected chi connectivity index (χ2v) is 0.750. The normalized spacial score (nSPS) is 4.00. The van der Waals surface area contributed by atoms with Crippen LogP contribution in [0.1, 0.15) is 0 Å². The van der Waals surface area contributed by atoms with Crippen molar-refractivity contribution in [2.24, 2.45) is 0 Å². The molecule has 0 bridgehead atoms. The Hall–Kier alpha value is 1.64. The topological polar surface area (TPSA) is 63.2 Å². The van der Waals surface area contributed by atoms with Crippen LogP contribution in [0.5, 0.6) is 0 Å². The van der Waals surface area contributed by atoms with Gasteiger partial charge in [0, 0.05) is 9.17 Å². The van der Waals surface area contributed by atoms with Crippen LogP contribution >= 0.6 is 0 Å². The fourth-order valence-electron chi connectivity index (χ4n) is 0. The number of hydrogen-bond acceptors (Lipinski definition) is 3. The van der Waals surface area contributed by atoms with Gasteiger partial charge in [0.15, 0.2) is 0 Å². The van der Waals surface area contributed by atoms with Gasteiger partial charge in [-0.1, -0.05) is 0 Å². The molecule has 0 aromatic rings. The Kier molecular flexibility index (Phi) is 25.6. The summed E-state index contributed by atoms with van der Waals surface area (Å²) in [4.78, 5) is 17.0. The van der Waals surface area contributed by atoms with Crippen LogP contribution in [0, 0.1) is 0 Å². The summed E-state index contributed by atoms with van der Waals surface area (Å²) in [5, 5.41) is 0. The maximum atomic E-state index is 8.52. The summed E-state index contributed by atoms with van der Waals surface area (Å²) < 4.78 is 8.52. The quantitative estimate of drug-likeness (QED) is 0.323. The van der Waals surface area contributed by atoms with Crippen molar-refractivity contribution in [3.8, 4) is 0 Å². The van der Waals surface area contributed by atoms with Gasteiger partial charge in [0.05, 0.1) is 0 Å². The molecule has 0 aliphatic rings. The Bertz CT molecular complexity index is 33.8. The van der Waals surface area contributed by atoms with Gasteiger partial charge in [-0.25, -0.2) is 0 Å². The first kappa shape index (κ1) is 15.6. The van der Waals surface area contributed by atoms with Crippen molar-refractivity contribution in [1.82, 2.24) is 0 Å². The Morgan fingerprint density at radius 3 is 1.33 bits per heavy atom. The first-order valence-electron chi connectivity index (χ1n) is 0.612. The van der Waals surface area contributed by atoms with E-state index in [0.717, 1.165) is 0 Å². The fourth-order valence-corrected chi connectivity index (χ4v) is 0. The Morgan fingerprint density at radius 2 is 1.33 bits per heavy atom. The van der Waals surface area contributed by atoms with Gasteiger partial charge in [0.1, 0.15) is 0 Å². The Morgan fingerprint density at radius 1 is 1.33 bits per heavy atom. The zero-order valence-electron chi connectivity index (χ0n) is 2.43. The molecule has 0 rings (SSSR count). The molecular weight excluding hydrogens is 140 g/mol. The number of rotatable bonds is 0. The molecule has 0 amide bonds. The van der Waals surface area contributed by atoms with E-state index in [1.807, 2.05) is 0 Å². The third kappa shape index (κ3) is 45.1. The SMILES string of the molecule is O=[Si]([O-])[O-].[CaH2].[Mg+2]. The minimum absolute atomic E-state index is 0. The molecule has 0 aromatic heterocycles. The molecule has 0 N–H and O–H groups in total. The molecule has 0 fully saturated rings. The second-order valence-electron chi connectivity index (χ2n) is 0.250. The fraction of sp³-hybridized carbons (Fsp3) is 0. The second kappa shape index (κ2) is 9.81. The van der Waals surface area contributed by atoms with Crippen molar-refractivity contribution >= 4 is 70.0 Å². The molecule has 0 spiro atoms. The van der Waals surface area contributed by atoms with Crippen molar-refractivity contribution in [3.05, 3.63) is 0 Å². The molecule has 0 aliphatic carbocycles. The standard InChI is InChI=1S/Ca.Mg.O3Si.2H/c;;1-4(2)3;;/q;+2;-2;;. The van der Waals surface area contributed by atoms with Gasteiger partial charge in [-0.15, -0.1) is 0 Å². The summed E-state index contributed by atoms with van der Waals surface area (Å²) in [6.45, 7) is 0. The van der Waals surface area contributed by atoms with E-state index in [4.69, 9.17) is 14.1 Å². The third-order valence-electron chi connectivity index (χ3n) is 0. The zero-order chi connectivity index (χ0) is 3.58. The molecule has 0 aliphatic heterocycles. The number of hydrogen-bond donors (Lipinski definition) is 0. The monoisotopic (exact) mass is 142 g/mol. The summed E-state index contributed by atoms with van der Waals surface area (Å²) in [5.41, 5.74) is 0. The minimum Gasteiger partial charge on any atom is 2.00 e. The van der Waals surface area contributed by atoms with Crippen LogP contribution < -0.4 is 9.59 Å². The van der Waals surface area contributed by atoms with Crippen LogP contribution in [-0.2, 0) is 4.46 Å². The first-order valence-corrected chi connectivity index (χ1v) is 1.84. The van der Waals surface area contributed by atoms with E-state index < -0.39 is 9.17 Å². The molecule has 0 heterocycles. The van der Waals surface area contributed by atoms with Gasteiger partial charge in [0.2, 0.25) is 0 Å². The smallest absolute Gasteiger partial charge is 2.00 e. The van der Waals surface area contributed by atoms with Crippen LogP contribution in [-0.4, -0.2) is 70.0 Å². The molecule has 6 heavy (non-hydrogen) atoms. The van der Waals surface area contributed by atoms with Crippen LogP contribution in [0.3, 0.4) is 0 Å². The third-order valence-corrected chi connectivity index (χ3v) is 0. The molecule has 3 nitrogen and oxygen atoms in total. The van der Waals surface area contributed by atoms with Gasteiger partial charge >= 0.3 is 60.8 Å². The molecule has 0 radical (unpaired) electrons. The maximum Gasteiger partial charge on any atom is 2.00 e. The van der Waals surface area contributed by atoms with Gasteiger partial charge in [-0.2, -0.15) is 0 Å². The molecule has 6 heteroatoms. The molecule has 0 unspecified atom stereocenters. The van der Waals surface area contributed by atoms with E-state index in [1.54, 1.807) is 0 Å². The predicted molar refractivity (Wildman–Crippen MR) is 20.7 cm³/mol. The van der Waals surface area contributed by atoms with E-state index in [1.165, 1.54) is 0 Å². The van der Waals surface area contributed by atoms with Crippen LogP contribution in [0.25, 0.3) is 0 Å². The average molecular weight is 142 g/mol. The van der Waals surface area contributed by atoms with Crippen molar-refractivity contribution in [2.75, 3.05) is 0 Å². The molecule has 0 atom stereocenters. The Balaban J connectivity index is -0.0000000450. The first-order chi connectivity index (χ1) is 1.73. The summed E-state index contributed by atoms with van der Waals surface area (Å²) in [6.07, 6.45) is 0. The predicted octanol–water partition coefficient (Wildman–Crippen LogP) is -4.17. The zero-order valence-corrected chi connectivity index (χ0v) is 4.85. The molecule has 0 aromatic carbocycles. The van der Waals surface area contributed by atoms with Crippen molar-refractivity contribution in [2.45, 2.75) is 0 Å². The molecule has 0 saturated heterocycles. The summed E-state index contributed by atoms with van der Waals surface area (Å²) >= 11 is 0. The van der Waals surface area contributed by atoms with E-state index in [-0.39, 0.29) is 60.8 Å². The molecule has 0 saturated carbocycles. The minimum atomic E-state index is -3.63. The molecular formula is H2CaMgO3Si. The van der Waals surface area contributed by atoms with E-state index >= 15 is 0 Å². The maximum absolute atomic E-state index is 8.52. The van der Waals surface area contributed by atoms with Crippen LogP contribution in [0.4, 0.5) is 0 Å². The van der Waals surface area contributed by atoms with Gasteiger partial charge in [0.25, 0.3) is 0 Å². The van der Waals surface area contributed by atoms with Gasteiger partial charge in [-0.05, 0) is 0 Å². The van der Waals surface area contributed by atoms with E-state index in [2.05, 4.69) is 0 Å². The van der Waals surface area contributed by atoms with E-state index in [9.17, 15) is 0 Å².